The molecular weight excluding hydrogens is 240 g/mol. The van der Waals surface area contributed by atoms with E-state index in [1.54, 1.807) is 33.2 Å². The monoisotopic (exact) mass is 256 g/mol. The number of anilines is 1. The van der Waals surface area contributed by atoms with Crippen LogP contribution in [0.2, 0.25) is 5.02 Å². The first-order valence-electron chi connectivity index (χ1n) is 5.25. The molecule has 2 N–H and O–H groups in total. The normalized spacial score (nSPS) is 12.1. The predicted octanol–water partition coefficient (Wildman–Crippen LogP) is 1.97. The summed E-state index contributed by atoms with van der Waals surface area (Å²) in [6.45, 7) is 3.54. The Bertz CT molecular complexity index is 433. The summed E-state index contributed by atoms with van der Waals surface area (Å²) < 4.78 is 5.11. The van der Waals surface area contributed by atoms with Crippen molar-refractivity contribution in [2.75, 3.05) is 19.1 Å². The molecule has 0 fully saturated rings. The van der Waals surface area contributed by atoms with Crippen LogP contribution in [0.25, 0.3) is 0 Å². The highest BCUT2D eigenvalue weighted by Gasteiger charge is 2.18. The van der Waals surface area contributed by atoms with Gasteiger partial charge in [0, 0.05) is 12.7 Å². The second-order valence-corrected chi connectivity index (χ2v) is 4.37. The maximum atomic E-state index is 11.8. The van der Waals surface area contributed by atoms with Gasteiger partial charge in [0.2, 0.25) is 5.91 Å². The Balaban J connectivity index is 3.15. The van der Waals surface area contributed by atoms with Gasteiger partial charge < -0.3 is 15.4 Å². The van der Waals surface area contributed by atoms with Crippen LogP contribution in [0.4, 0.5) is 5.69 Å². The van der Waals surface area contributed by atoms with Crippen molar-refractivity contribution in [2.24, 2.45) is 5.73 Å². The summed E-state index contributed by atoms with van der Waals surface area (Å²) in [6, 6.07) is 2.96. The van der Waals surface area contributed by atoms with Gasteiger partial charge in [-0.15, -0.1) is 0 Å². The van der Waals surface area contributed by atoms with Crippen LogP contribution >= 0.6 is 11.6 Å². The molecule has 1 amide bonds. The highest BCUT2D eigenvalue weighted by molar-refractivity contribution is 6.32. The molecule has 1 aromatic carbocycles. The van der Waals surface area contributed by atoms with Crippen molar-refractivity contribution in [3.8, 4) is 5.75 Å². The van der Waals surface area contributed by atoms with Gasteiger partial charge in [0.1, 0.15) is 5.75 Å². The van der Waals surface area contributed by atoms with Gasteiger partial charge in [-0.05, 0) is 31.5 Å². The molecule has 5 heteroatoms. The maximum Gasteiger partial charge on any atom is 0.243 e. The van der Waals surface area contributed by atoms with E-state index < -0.39 is 6.04 Å². The second-order valence-electron chi connectivity index (χ2n) is 3.96. The van der Waals surface area contributed by atoms with Crippen LogP contribution in [0.1, 0.15) is 12.5 Å². The van der Waals surface area contributed by atoms with E-state index in [0.717, 1.165) is 11.3 Å². The first-order valence-corrected chi connectivity index (χ1v) is 5.63. The number of carbonyl (C=O) groups is 1. The number of halogens is 1. The molecule has 4 nitrogen and oxygen atoms in total. The van der Waals surface area contributed by atoms with Crippen LogP contribution in [0, 0.1) is 6.92 Å². The number of methoxy groups -OCH3 is 1. The molecule has 0 aliphatic rings. The first-order chi connectivity index (χ1) is 7.88. The number of carbonyl (C=O) groups excluding carboxylic acids is 1. The Morgan fingerprint density at radius 1 is 1.53 bits per heavy atom. The number of rotatable bonds is 3. The number of hydrogen-bond donors (Lipinski definition) is 1. The molecule has 0 spiro atoms. The highest BCUT2D eigenvalue weighted by atomic mass is 35.5. The molecule has 1 rings (SSSR count). The number of aryl methyl sites for hydroxylation is 1. The largest absolute Gasteiger partial charge is 0.495 e. The summed E-state index contributed by atoms with van der Waals surface area (Å²) in [5, 5.41) is 0.470. The van der Waals surface area contributed by atoms with E-state index in [1.165, 1.54) is 4.90 Å². The molecular formula is C12H17ClN2O2. The van der Waals surface area contributed by atoms with Crippen molar-refractivity contribution in [3.63, 3.8) is 0 Å². The zero-order valence-corrected chi connectivity index (χ0v) is 11.2. The van der Waals surface area contributed by atoms with E-state index >= 15 is 0 Å². The highest BCUT2D eigenvalue weighted by Crippen LogP contribution is 2.32. The average Bonchev–Trinajstić information content (AvgIpc) is 2.29. The van der Waals surface area contributed by atoms with E-state index in [1.807, 2.05) is 6.92 Å². The standard InChI is InChI=1S/C12H17ClN2O2/c1-7-5-11(17-4)9(13)6-10(7)15(3)12(16)8(2)14/h5-6,8H,14H2,1-4H3. The molecule has 0 heterocycles. The molecule has 0 saturated carbocycles. The van der Waals surface area contributed by atoms with Crippen molar-refractivity contribution >= 4 is 23.2 Å². The van der Waals surface area contributed by atoms with E-state index in [9.17, 15) is 4.79 Å². The van der Waals surface area contributed by atoms with Gasteiger partial charge in [0.05, 0.1) is 18.2 Å². The Hall–Kier alpha value is -1.26. The van der Waals surface area contributed by atoms with Gasteiger partial charge in [-0.1, -0.05) is 11.6 Å². The second kappa shape index (κ2) is 5.38. The lowest BCUT2D eigenvalue weighted by Crippen LogP contribution is -2.40. The van der Waals surface area contributed by atoms with Gasteiger partial charge >= 0.3 is 0 Å². The predicted molar refractivity (Wildman–Crippen MR) is 69.8 cm³/mol. The van der Waals surface area contributed by atoms with Crippen molar-refractivity contribution in [1.29, 1.82) is 0 Å². The fourth-order valence-electron chi connectivity index (χ4n) is 1.59. The van der Waals surface area contributed by atoms with E-state index in [4.69, 9.17) is 22.1 Å². The minimum atomic E-state index is -0.541. The zero-order chi connectivity index (χ0) is 13.2. The topological polar surface area (TPSA) is 55.6 Å². The quantitative estimate of drug-likeness (QED) is 0.900. The van der Waals surface area contributed by atoms with Crippen molar-refractivity contribution in [3.05, 3.63) is 22.7 Å². The summed E-state index contributed by atoms with van der Waals surface area (Å²) in [5.74, 6) is 0.434. The average molecular weight is 257 g/mol. The third-order valence-electron chi connectivity index (χ3n) is 2.55. The summed E-state index contributed by atoms with van der Waals surface area (Å²) in [7, 11) is 3.23. The molecule has 0 radical (unpaired) electrons. The van der Waals surface area contributed by atoms with Gasteiger partial charge in [0.25, 0.3) is 0 Å². The number of nitrogens with two attached hydrogens (primary N) is 1. The van der Waals surface area contributed by atoms with Crippen LogP contribution < -0.4 is 15.4 Å². The Morgan fingerprint density at radius 2 is 2.12 bits per heavy atom. The van der Waals surface area contributed by atoms with Crippen molar-refractivity contribution < 1.29 is 9.53 Å². The molecule has 0 aliphatic heterocycles. The van der Waals surface area contributed by atoms with Gasteiger partial charge in [0.15, 0.2) is 0 Å². The minimum Gasteiger partial charge on any atom is -0.495 e. The third-order valence-corrected chi connectivity index (χ3v) is 2.85. The van der Waals surface area contributed by atoms with Gasteiger partial charge in [-0.25, -0.2) is 0 Å². The zero-order valence-electron chi connectivity index (χ0n) is 10.5. The summed E-state index contributed by atoms with van der Waals surface area (Å²) in [4.78, 5) is 13.3. The van der Waals surface area contributed by atoms with Gasteiger partial charge in [-0.2, -0.15) is 0 Å². The Labute approximate surface area is 106 Å². The molecule has 1 aromatic rings. The third kappa shape index (κ3) is 2.90. The van der Waals surface area contributed by atoms with Crippen LogP contribution in [0.5, 0.6) is 5.75 Å². The van der Waals surface area contributed by atoms with E-state index in [2.05, 4.69) is 0 Å². The lowest BCUT2D eigenvalue weighted by Gasteiger charge is -2.22. The van der Waals surface area contributed by atoms with E-state index in [0.29, 0.717) is 10.8 Å². The number of nitrogens with zero attached hydrogens (tertiary/aromatic N) is 1. The molecule has 1 unspecified atom stereocenters. The minimum absolute atomic E-state index is 0.158. The summed E-state index contributed by atoms with van der Waals surface area (Å²) >= 11 is 6.04. The van der Waals surface area contributed by atoms with Crippen LogP contribution in [-0.4, -0.2) is 26.1 Å². The first kappa shape index (κ1) is 13.8. The fourth-order valence-corrected chi connectivity index (χ4v) is 1.82. The summed E-state index contributed by atoms with van der Waals surface area (Å²) in [6.07, 6.45) is 0. The number of hydrogen-bond acceptors (Lipinski definition) is 3. The molecule has 94 valence electrons. The lowest BCUT2D eigenvalue weighted by atomic mass is 10.1. The SMILES string of the molecule is COc1cc(C)c(N(C)C(=O)C(C)N)cc1Cl. The number of benzene rings is 1. The van der Waals surface area contributed by atoms with E-state index in [-0.39, 0.29) is 5.91 Å². The molecule has 0 saturated heterocycles. The number of ether oxygens (including phenoxy) is 1. The Kier molecular flexibility index (Phi) is 4.37. The molecule has 0 aliphatic carbocycles. The van der Waals surface area contributed by atoms with Crippen molar-refractivity contribution in [1.82, 2.24) is 0 Å². The molecule has 17 heavy (non-hydrogen) atoms. The van der Waals surface area contributed by atoms with Crippen molar-refractivity contribution in [2.45, 2.75) is 19.9 Å². The Morgan fingerprint density at radius 3 is 2.59 bits per heavy atom. The molecule has 0 aromatic heterocycles. The van der Waals surface area contributed by atoms with Crippen LogP contribution in [0.15, 0.2) is 12.1 Å². The number of likely N-dealkylation sites (N-methyl/N-ethyl adjacent to an activating group) is 1. The lowest BCUT2D eigenvalue weighted by molar-refractivity contribution is -0.119. The molecule has 0 bridgehead atoms. The van der Waals surface area contributed by atoms with Gasteiger partial charge in [-0.3, -0.25) is 4.79 Å². The fraction of sp³-hybridized carbons (Fsp3) is 0.417. The van der Waals surface area contributed by atoms with Crippen LogP contribution in [0.3, 0.4) is 0 Å². The van der Waals surface area contributed by atoms with Crippen LogP contribution in [-0.2, 0) is 4.79 Å². The molecule has 1 atom stereocenters. The maximum absolute atomic E-state index is 11.8. The smallest absolute Gasteiger partial charge is 0.243 e. The summed E-state index contributed by atoms with van der Waals surface area (Å²) in [5.41, 5.74) is 7.21. The number of amides is 1.